The van der Waals surface area contributed by atoms with Gasteiger partial charge in [-0.05, 0) is 37.6 Å². The quantitative estimate of drug-likeness (QED) is 0.833. The molecule has 0 aromatic heterocycles. The van der Waals surface area contributed by atoms with Crippen LogP contribution in [0.1, 0.15) is 22.8 Å². The Morgan fingerprint density at radius 1 is 1.35 bits per heavy atom. The van der Waals surface area contributed by atoms with Crippen molar-refractivity contribution in [1.29, 1.82) is 0 Å². The average molecular weight is 339 g/mol. The zero-order chi connectivity index (χ0) is 13.1. The van der Waals surface area contributed by atoms with Crippen molar-refractivity contribution in [2.45, 2.75) is 19.4 Å². The van der Waals surface area contributed by atoms with E-state index in [9.17, 15) is 4.79 Å². The van der Waals surface area contributed by atoms with Gasteiger partial charge < -0.3 is 5.32 Å². The van der Waals surface area contributed by atoms with Crippen LogP contribution in [0.2, 0.25) is 0 Å². The molecule has 0 fully saturated rings. The van der Waals surface area contributed by atoms with Crippen LogP contribution in [0, 0.1) is 6.92 Å². The first-order chi connectivity index (χ1) is 7.90. The fourth-order valence-electron chi connectivity index (χ4n) is 1.32. The SMILES string of the molecule is Cc1cc(Br)cc(C(=O)NC(C)(CCl)CCl)c1. The van der Waals surface area contributed by atoms with Crippen LogP contribution in [0.25, 0.3) is 0 Å². The monoisotopic (exact) mass is 337 g/mol. The summed E-state index contributed by atoms with van der Waals surface area (Å²) in [6, 6.07) is 5.53. The van der Waals surface area contributed by atoms with Crippen LogP contribution in [0.3, 0.4) is 0 Å². The Kier molecular flexibility index (Phi) is 5.29. The molecule has 0 saturated carbocycles. The van der Waals surface area contributed by atoms with E-state index in [1.807, 2.05) is 26.0 Å². The van der Waals surface area contributed by atoms with Gasteiger partial charge in [0, 0.05) is 21.8 Å². The fourth-order valence-corrected chi connectivity index (χ4v) is 2.34. The molecule has 0 aliphatic carbocycles. The molecule has 0 aliphatic heterocycles. The number of hydrogen-bond donors (Lipinski definition) is 1. The molecule has 1 aromatic rings. The second-order valence-electron chi connectivity index (χ2n) is 4.30. The van der Waals surface area contributed by atoms with Gasteiger partial charge in [0.1, 0.15) is 0 Å². The zero-order valence-corrected chi connectivity index (χ0v) is 12.8. The average Bonchev–Trinajstić information content (AvgIpc) is 2.27. The Balaban J connectivity index is 2.90. The van der Waals surface area contributed by atoms with E-state index in [0.717, 1.165) is 10.0 Å². The standard InChI is InChI=1S/C12H14BrCl2NO/c1-8-3-9(5-10(13)4-8)11(17)16-12(2,6-14)7-15/h3-5H,6-7H2,1-2H3,(H,16,17). The lowest BCUT2D eigenvalue weighted by Gasteiger charge is -2.26. The van der Waals surface area contributed by atoms with Crippen LogP contribution < -0.4 is 5.32 Å². The Hall–Kier alpha value is -0.250. The van der Waals surface area contributed by atoms with Gasteiger partial charge in [0.2, 0.25) is 0 Å². The van der Waals surface area contributed by atoms with Gasteiger partial charge in [-0.15, -0.1) is 23.2 Å². The number of aryl methyl sites for hydroxylation is 1. The lowest BCUT2D eigenvalue weighted by molar-refractivity contribution is 0.0921. The van der Waals surface area contributed by atoms with Crippen LogP contribution in [0.5, 0.6) is 0 Å². The summed E-state index contributed by atoms with van der Waals surface area (Å²) in [5.74, 6) is 0.378. The molecule has 0 unspecified atom stereocenters. The van der Waals surface area contributed by atoms with Gasteiger partial charge in [0.05, 0.1) is 5.54 Å². The molecule has 2 nitrogen and oxygen atoms in total. The molecule has 0 atom stereocenters. The highest BCUT2D eigenvalue weighted by Gasteiger charge is 2.24. The minimum atomic E-state index is -0.587. The summed E-state index contributed by atoms with van der Waals surface area (Å²) in [7, 11) is 0. The van der Waals surface area contributed by atoms with E-state index in [2.05, 4.69) is 21.2 Å². The number of rotatable bonds is 4. The van der Waals surface area contributed by atoms with Crippen molar-refractivity contribution >= 4 is 45.0 Å². The first kappa shape index (κ1) is 14.8. The van der Waals surface area contributed by atoms with Gasteiger partial charge in [-0.1, -0.05) is 15.9 Å². The minimum Gasteiger partial charge on any atom is -0.344 e. The number of hydrogen-bond acceptors (Lipinski definition) is 1. The molecule has 17 heavy (non-hydrogen) atoms. The Morgan fingerprint density at radius 3 is 2.41 bits per heavy atom. The molecule has 1 amide bonds. The number of alkyl halides is 2. The summed E-state index contributed by atoms with van der Waals surface area (Å²) < 4.78 is 0.876. The van der Waals surface area contributed by atoms with Crippen LogP contribution in [-0.2, 0) is 0 Å². The fraction of sp³-hybridized carbons (Fsp3) is 0.417. The number of nitrogens with one attached hydrogen (secondary N) is 1. The van der Waals surface area contributed by atoms with E-state index in [4.69, 9.17) is 23.2 Å². The number of amides is 1. The van der Waals surface area contributed by atoms with Crippen LogP contribution in [0.15, 0.2) is 22.7 Å². The number of carbonyl (C=O) groups is 1. The van der Waals surface area contributed by atoms with Gasteiger partial charge >= 0.3 is 0 Å². The molecule has 0 spiro atoms. The highest BCUT2D eigenvalue weighted by Crippen LogP contribution is 2.17. The first-order valence-corrected chi connectivity index (χ1v) is 6.98. The maximum absolute atomic E-state index is 12.0. The topological polar surface area (TPSA) is 29.1 Å². The third-order valence-electron chi connectivity index (χ3n) is 2.31. The molecule has 5 heteroatoms. The highest BCUT2D eigenvalue weighted by atomic mass is 79.9. The van der Waals surface area contributed by atoms with Crippen molar-refractivity contribution in [2.75, 3.05) is 11.8 Å². The third kappa shape index (κ3) is 4.16. The summed E-state index contributed by atoms with van der Waals surface area (Å²) in [6.07, 6.45) is 0. The van der Waals surface area contributed by atoms with Gasteiger partial charge in [0.25, 0.3) is 5.91 Å². The lowest BCUT2D eigenvalue weighted by atomic mass is 10.1. The largest absolute Gasteiger partial charge is 0.344 e. The van der Waals surface area contributed by atoms with E-state index in [-0.39, 0.29) is 17.7 Å². The normalized spacial score (nSPS) is 11.4. The molecule has 0 heterocycles. The third-order valence-corrected chi connectivity index (χ3v) is 3.95. The van der Waals surface area contributed by atoms with E-state index in [1.54, 1.807) is 6.07 Å². The number of halogens is 3. The number of carbonyl (C=O) groups excluding carboxylic acids is 1. The van der Waals surface area contributed by atoms with Crippen molar-refractivity contribution in [3.8, 4) is 0 Å². The predicted molar refractivity (Wildman–Crippen MR) is 76.2 cm³/mol. The highest BCUT2D eigenvalue weighted by molar-refractivity contribution is 9.10. The molecule has 94 valence electrons. The van der Waals surface area contributed by atoms with Gasteiger partial charge in [-0.3, -0.25) is 4.79 Å². The summed E-state index contributed by atoms with van der Waals surface area (Å²) in [4.78, 5) is 12.0. The summed E-state index contributed by atoms with van der Waals surface area (Å²) in [6.45, 7) is 3.75. The van der Waals surface area contributed by atoms with Crippen molar-refractivity contribution in [3.05, 3.63) is 33.8 Å². The Labute approximate surface area is 120 Å². The summed E-state index contributed by atoms with van der Waals surface area (Å²) >= 11 is 15.0. The molecule has 0 bridgehead atoms. The maximum atomic E-state index is 12.0. The van der Waals surface area contributed by atoms with Gasteiger partial charge in [-0.25, -0.2) is 0 Å². The van der Waals surface area contributed by atoms with E-state index in [0.29, 0.717) is 5.56 Å². The molecule has 0 aliphatic rings. The van der Waals surface area contributed by atoms with E-state index < -0.39 is 5.54 Å². The predicted octanol–water partition coefficient (Wildman–Crippen LogP) is 3.72. The molecule has 1 aromatic carbocycles. The molecule has 1 rings (SSSR count). The first-order valence-electron chi connectivity index (χ1n) is 5.12. The van der Waals surface area contributed by atoms with Crippen molar-refractivity contribution < 1.29 is 4.79 Å². The maximum Gasteiger partial charge on any atom is 0.251 e. The molecule has 1 N–H and O–H groups in total. The van der Waals surface area contributed by atoms with Gasteiger partial charge in [0.15, 0.2) is 0 Å². The number of benzene rings is 1. The minimum absolute atomic E-state index is 0.168. The Bertz CT molecular complexity index is 399. The second kappa shape index (κ2) is 6.07. The van der Waals surface area contributed by atoms with Crippen LogP contribution >= 0.6 is 39.1 Å². The smallest absolute Gasteiger partial charge is 0.251 e. The Morgan fingerprint density at radius 2 is 1.94 bits per heavy atom. The molecular weight excluding hydrogens is 325 g/mol. The lowest BCUT2D eigenvalue weighted by Crippen LogP contribution is -2.49. The van der Waals surface area contributed by atoms with Crippen molar-refractivity contribution in [3.63, 3.8) is 0 Å². The van der Waals surface area contributed by atoms with Crippen LogP contribution in [-0.4, -0.2) is 23.2 Å². The van der Waals surface area contributed by atoms with Crippen LogP contribution in [0.4, 0.5) is 0 Å². The molecule has 0 saturated heterocycles. The van der Waals surface area contributed by atoms with E-state index >= 15 is 0 Å². The van der Waals surface area contributed by atoms with E-state index in [1.165, 1.54) is 0 Å². The second-order valence-corrected chi connectivity index (χ2v) is 5.75. The molecular formula is C12H14BrCl2NO. The summed E-state index contributed by atoms with van der Waals surface area (Å²) in [5.41, 5.74) is 1.03. The van der Waals surface area contributed by atoms with Crippen molar-refractivity contribution in [1.82, 2.24) is 5.32 Å². The molecule has 0 radical (unpaired) electrons. The van der Waals surface area contributed by atoms with Gasteiger partial charge in [-0.2, -0.15) is 0 Å². The zero-order valence-electron chi connectivity index (χ0n) is 9.69. The summed E-state index contributed by atoms with van der Waals surface area (Å²) in [5, 5.41) is 2.84. The van der Waals surface area contributed by atoms with Crippen molar-refractivity contribution in [2.24, 2.45) is 0 Å².